The van der Waals surface area contributed by atoms with Crippen LogP contribution < -0.4 is 9.80 Å². The summed E-state index contributed by atoms with van der Waals surface area (Å²) in [7, 11) is 0. The van der Waals surface area contributed by atoms with Gasteiger partial charge in [0, 0.05) is 31.9 Å². The zero-order valence-electron chi connectivity index (χ0n) is 14.5. The largest absolute Gasteiger partial charge is 0.352 e. The summed E-state index contributed by atoms with van der Waals surface area (Å²) in [6.07, 6.45) is 0. The van der Waals surface area contributed by atoms with Gasteiger partial charge in [0.15, 0.2) is 11.6 Å². The van der Waals surface area contributed by atoms with E-state index in [-0.39, 0.29) is 0 Å². The Balaban J connectivity index is 1.44. The van der Waals surface area contributed by atoms with Crippen molar-refractivity contribution < 1.29 is 0 Å². The van der Waals surface area contributed by atoms with Gasteiger partial charge in [-0.2, -0.15) is 5.10 Å². The minimum Gasteiger partial charge on any atom is -0.352 e. The summed E-state index contributed by atoms with van der Waals surface area (Å²) in [5.41, 5.74) is 2.03. The minimum atomic E-state index is 0.748. The van der Waals surface area contributed by atoms with E-state index in [1.165, 1.54) is 0 Å². The lowest BCUT2D eigenvalue weighted by Gasteiger charge is -2.34. The van der Waals surface area contributed by atoms with Crippen molar-refractivity contribution in [3.05, 3.63) is 34.6 Å². The van der Waals surface area contributed by atoms with Crippen molar-refractivity contribution in [3.8, 4) is 5.82 Å². The molecule has 0 aromatic carbocycles. The Labute approximate surface area is 150 Å². The van der Waals surface area contributed by atoms with Gasteiger partial charge in [-0.1, -0.05) is 11.3 Å². The van der Waals surface area contributed by atoms with Crippen LogP contribution in [0.1, 0.15) is 16.4 Å². The number of rotatable bonds is 3. The lowest BCUT2D eigenvalue weighted by atomic mass is 10.3. The standard InChI is InChI=1S/C16H20N8S/c1-11-10-12(2)24(21-11)15-5-4-14(18-19-15)22-6-8-23(9-7-22)16-20-17-13(3)25-16/h4-5,10H,6-9H2,1-3H3. The zero-order valence-corrected chi connectivity index (χ0v) is 15.4. The molecule has 4 rings (SSSR count). The Bertz CT molecular complexity index is 861. The maximum atomic E-state index is 4.45. The smallest absolute Gasteiger partial charge is 0.208 e. The summed E-state index contributed by atoms with van der Waals surface area (Å²) < 4.78 is 1.82. The molecule has 9 heteroatoms. The third-order valence-electron chi connectivity index (χ3n) is 4.25. The van der Waals surface area contributed by atoms with Crippen LogP contribution in [-0.2, 0) is 0 Å². The molecule has 1 saturated heterocycles. The van der Waals surface area contributed by atoms with Crippen LogP contribution in [0.3, 0.4) is 0 Å². The van der Waals surface area contributed by atoms with Crippen LogP contribution >= 0.6 is 11.3 Å². The molecule has 8 nitrogen and oxygen atoms in total. The molecule has 3 aromatic rings. The Morgan fingerprint density at radius 1 is 0.840 bits per heavy atom. The monoisotopic (exact) mass is 356 g/mol. The van der Waals surface area contributed by atoms with Crippen molar-refractivity contribution in [1.29, 1.82) is 0 Å². The predicted molar refractivity (Wildman–Crippen MR) is 97.7 cm³/mol. The summed E-state index contributed by atoms with van der Waals surface area (Å²) in [5, 5.41) is 23.5. The summed E-state index contributed by atoms with van der Waals surface area (Å²) in [5.74, 6) is 1.65. The normalized spacial score (nSPS) is 15.0. The van der Waals surface area contributed by atoms with E-state index in [1.54, 1.807) is 11.3 Å². The van der Waals surface area contributed by atoms with Crippen molar-refractivity contribution in [2.24, 2.45) is 0 Å². The number of piperazine rings is 1. The van der Waals surface area contributed by atoms with Gasteiger partial charge in [0.1, 0.15) is 5.01 Å². The summed E-state index contributed by atoms with van der Waals surface area (Å²) in [4.78, 5) is 4.53. The van der Waals surface area contributed by atoms with Gasteiger partial charge >= 0.3 is 0 Å². The summed E-state index contributed by atoms with van der Waals surface area (Å²) in [6.45, 7) is 9.59. The van der Waals surface area contributed by atoms with Crippen molar-refractivity contribution in [1.82, 2.24) is 30.2 Å². The third kappa shape index (κ3) is 3.19. The van der Waals surface area contributed by atoms with Crippen LogP contribution in [0.4, 0.5) is 10.9 Å². The van der Waals surface area contributed by atoms with Gasteiger partial charge in [-0.05, 0) is 39.0 Å². The number of hydrogen-bond donors (Lipinski definition) is 0. The molecular formula is C16H20N8S. The van der Waals surface area contributed by atoms with Gasteiger partial charge in [0.25, 0.3) is 0 Å². The van der Waals surface area contributed by atoms with Crippen LogP contribution in [0, 0.1) is 20.8 Å². The lowest BCUT2D eigenvalue weighted by molar-refractivity contribution is 0.638. The van der Waals surface area contributed by atoms with E-state index in [0.29, 0.717) is 0 Å². The number of aryl methyl sites for hydroxylation is 3. The Kier molecular flexibility index (Phi) is 4.08. The van der Waals surface area contributed by atoms with Crippen LogP contribution in [0.25, 0.3) is 5.82 Å². The molecule has 0 N–H and O–H groups in total. The second-order valence-corrected chi connectivity index (χ2v) is 7.33. The van der Waals surface area contributed by atoms with E-state index in [0.717, 1.165) is 59.3 Å². The Hall–Kier alpha value is -2.55. The SMILES string of the molecule is Cc1cc(C)n(-c2ccc(N3CCN(c4nnc(C)s4)CC3)nn2)n1. The van der Waals surface area contributed by atoms with E-state index in [2.05, 4.69) is 35.3 Å². The molecule has 0 radical (unpaired) electrons. The summed E-state index contributed by atoms with van der Waals surface area (Å²) in [6, 6.07) is 6.02. The van der Waals surface area contributed by atoms with Gasteiger partial charge in [0.05, 0.1) is 5.69 Å². The maximum Gasteiger partial charge on any atom is 0.208 e. The fourth-order valence-corrected chi connectivity index (χ4v) is 3.74. The molecule has 1 aliphatic heterocycles. The first-order chi connectivity index (χ1) is 12.1. The Morgan fingerprint density at radius 2 is 1.52 bits per heavy atom. The lowest BCUT2D eigenvalue weighted by Crippen LogP contribution is -2.46. The van der Waals surface area contributed by atoms with Gasteiger partial charge in [-0.15, -0.1) is 20.4 Å². The van der Waals surface area contributed by atoms with E-state index in [1.807, 2.05) is 43.7 Å². The summed E-state index contributed by atoms with van der Waals surface area (Å²) >= 11 is 1.64. The van der Waals surface area contributed by atoms with Crippen LogP contribution in [0.5, 0.6) is 0 Å². The van der Waals surface area contributed by atoms with Gasteiger partial charge < -0.3 is 9.80 Å². The third-order valence-corrected chi connectivity index (χ3v) is 5.15. The number of hydrogen-bond acceptors (Lipinski definition) is 8. The van der Waals surface area contributed by atoms with E-state index >= 15 is 0 Å². The highest BCUT2D eigenvalue weighted by molar-refractivity contribution is 7.15. The molecule has 0 atom stereocenters. The fourth-order valence-electron chi connectivity index (χ4n) is 3.00. The maximum absolute atomic E-state index is 4.45. The molecule has 1 fully saturated rings. The molecule has 25 heavy (non-hydrogen) atoms. The quantitative estimate of drug-likeness (QED) is 0.708. The average molecular weight is 356 g/mol. The molecule has 0 aliphatic carbocycles. The fraction of sp³-hybridized carbons (Fsp3) is 0.438. The average Bonchev–Trinajstić information content (AvgIpc) is 3.20. The molecule has 0 unspecified atom stereocenters. The highest BCUT2D eigenvalue weighted by Gasteiger charge is 2.21. The van der Waals surface area contributed by atoms with E-state index in [9.17, 15) is 0 Å². The highest BCUT2D eigenvalue weighted by atomic mass is 32.1. The highest BCUT2D eigenvalue weighted by Crippen LogP contribution is 2.22. The molecule has 3 aromatic heterocycles. The molecule has 1 aliphatic rings. The second kappa shape index (κ2) is 6.40. The first kappa shape index (κ1) is 15.9. The topological polar surface area (TPSA) is 75.9 Å². The first-order valence-corrected chi connectivity index (χ1v) is 9.09. The Morgan fingerprint density at radius 3 is 2.08 bits per heavy atom. The number of anilines is 2. The molecule has 0 spiro atoms. The van der Waals surface area contributed by atoms with Crippen molar-refractivity contribution in [3.63, 3.8) is 0 Å². The first-order valence-electron chi connectivity index (χ1n) is 8.27. The minimum absolute atomic E-state index is 0.748. The second-order valence-electron chi connectivity index (χ2n) is 6.17. The van der Waals surface area contributed by atoms with Crippen molar-refractivity contribution in [2.45, 2.75) is 20.8 Å². The van der Waals surface area contributed by atoms with Gasteiger partial charge in [-0.3, -0.25) is 0 Å². The van der Waals surface area contributed by atoms with E-state index in [4.69, 9.17) is 0 Å². The zero-order chi connectivity index (χ0) is 17.4. The number of nitrogens with zero attached hydrogens (tertiary/aromatic N) is 8. The molecule has 130 valence electrons. The van der Waals surface area contributed by atoms with Crippen molar-refractivity contribution in [2.75, 3.05) is 36.0 Å². The van der Waals surface area contributed by atoms with Crippen LogP contribution in [0.2, 0.25) is 0 Å². The van der Waals surface area contributed by atoms with Crippen LogP contribution in [0.15, 0.2) is 18.2 Å². The van der Waals surface area contributed by atoms with Crippen LogP contribution in [-0.4, -0.2) is 56.4 Å². The van der Waals surface area contributed by atoms with Crippen molar-refractivity contribution >= 4 is 22.3 Å². The number of aromatic nitrogens is 6. The predicted octanol–water partition coefficient (Wildman–Crippen LogP) is 1.77. The van der Waals surface area contributed by atoms with Gasteiger partial charge in [0.2, 0.25) is 5.13 Å². The van der Waals surface area contributed by atoms with Gasteiger partial charge in [-0.25, -0.2) is 4.68 Å². The molecule has 0 bridgehead atoms. The molecular weight excluding hydrogens is 336 g/mol. The van der Waals surface area contributed by atoms with E-state index < -0.39 is 0 Å². The molecule has 0 amide bonds. The molecule has 4 heterocycles. The molecule has 0 saturated carbocycles.